The lowest BCUT2D eigenvalue weighted by Crippen LogP contribution is -2.14. The SMILES string of the molecule is NC(=O)c1c(/N=C/c2c(Cl)cccc2Cl)sc2c1CCCC2. The minimum absolute atomic E-state index is 0.420. The standard InChI is InChI=1S/C16H14Cl2N2OS/c17-11-5-3-6-12(18)10(11)8-20-16-14(15(19)21)9-4-1-2-7-13(9)22-16/h3,5-6,8H,1-2,4,7H2,(H2,19,21)/b20-8+. The summed E-state index contributed by atoms with van der Waals surface area (Å²) in [6.45, 7) is 0. The van der Waals surface area contributed by atoms with E-state index in [0.717, 1.165) is 31.2 Å². The fourth-order valence-electron chi connectivity index (χ4n) is 2.65. The molecule has 1 aliphatic carbocycles. The lowest BCUT2D eigenvalue weighted by molar-refractivity contribution is 0.100. The monoisotopic (exact) mass is 352 g/mol. The van der Waals surface area contributed by atoms with Crippen LogP contribution < -0.4 is 5.73 Å². The number of carbonyl (C=O) groups excluding carboxylic acids is 1. The summed E-state index contributed by atoms with van der Waals surface area (Å²) in [5, 5.41) is 1.70. The number of aliphatic imine (C=N–C) groups is 1. The van der Waals surface area contributed by atoms with E-state index in [-0.39, 0.29) is 0 Å². The van der Waals surface area contributed by atoms with Crippen molar-refractivity contribution < 1.29 is 4.79 Å². The van der Waals surface area contributed by atoms with Crippen molar-refractivity contribution in [2.75, 3.05) is 0 Å². The van der Waals surface area contributed by atoms with Crippen molar-refractivity contribution in [3.8, 4) is 0 Å². The van der Waals surface area contributed by atoms with Crippen LogP contribution in [0.1, 0.15) is 39.2 Å². The molecule has 1 amide bonds. The van der Waals surface area contributed by atoms with E-state index in [9.17, 15) is 4.79 Å². The van der Waals surface area contributed by atoms with Crippen molar-refractivity contribution in [1.82, 2.24) is 0 Å². The van der Waals surface area contributed by atoms with E-state index >= 15 is 0 Å². The maximum absolute atomic E-state index is 11.8. The van der Waals surface area contributed by atoms with Gasteiger partial charge in [0.05, 0.1) is 15.6 Å². The van der Waals surface area contributed by atoms with Gasteiger partial charge in [-0.3, -0.25) is 4.79 Å². The van der Waals surface area contributed by atoms with Gasteiger partial charge in [0, 0.05) is 16.7 Å². The first-order chi connectivity index (χ1) is 10.6. The number of amides is 1. The molecule has 22 heavy (non-hydrogen) atoms. The zero-order valence-electron chi connectivity index (χ0n) is 11.7. The van der Waals surface area contributed by atoms with Gasteiger partial charge in [-0.2, -0.15) is 0 Å². The molecule has 1 aromatic carbocycles. The molecule has 1 aliphatic rings. The molecular weight excluding hydrogens is 339 g/mol. The number of aryl methyl sites for hydroxylation is 1. The van der Waals surface area contributed by atoms with Crippen LogP contribution in [0.2, 0.25) is 10.0 Å². The molecule has 2 aromatic rings. The molecule has 0 saturated carbocycles. The Bertz CT molecular complexity index is 747. The molecule has 0 spiro atoms. The summed E-state index contributed by atoms with van der Waals surface area (Å²) in [5.74, 6) is -0.420. The Kier molecular flexibility index (Phi) is 4.52. The third-order valence-corrected chi connectivity index (χ3v) is 5.57. The first kappa shape index (κ1) is 15.5. The van der Waals surface area contributed by atoms with E-state index in [1.165, 1.54) is 16.2 Å². The number of nitrogens with two attached hydrogens (primary N) is 1. The Balaban J connectivity index is 2.04. The number of fused-ring (bicyclic) bond motifs is 1. The normalized spacial score (nSPS) is 14.3. The molecule has 0 aliphatic heterocycles. The number of halogens is 2. The average Bonchev–Trinajstić information content (AvgIpc) is 2.85. The zero-order chi connectivity index (χ0) is 15.7. The number of hydrogen-bond acceptors (Lipinski definition) is 3. The topological polar surface area (TPSA) is 55.5 Å². The van der Waals surface area contributed by atoms with E-state index in [1.807, 2.05) is 0 Å². The Hall–Kier alpha value is -1.36. The maximum atomic E-state index is 11.8. The van der Waals surface area contributed by atoms with Gasteiger partial charge in [0.1, 0.15) is 5.00 Å². The van der Waals surface area contributed by atoms with Gasteiger partial charge in [0.15, 0.2) is 0 Å². The molecule has 114 valence electrons. The molecule has 0 fully saturated rings. The summed E-state index contributed by atoms with van der Waals surface area (Å²) in [7, 11) is 0. The summed E-state index contributed by atoms with van der Waals surface area (Å²) < 4.78 is 0. The minimum atomic E-state index is -0.420. The maximum Gasteiger partial charge on any atom is 0.252 e. The summed E-state index contributed by atoms with van der Waals surface area (Å²) in [4.78, 5) is 17.5. The van der Waals surface area contributed by atoms with Crippen LogP contribution in [0.4, 0.5) is 5.00 Å². The predicted molar refractivity (Wildman–Crippen MR) is 93.2 cm³/mol. The predicted octanol–water partition coefficient (Wildman–Crippen LogP) is 4.78. The lowest BCUT2D eigenvalue weighted by atomic mass is 9.95. The molecule has 1 heterocycles. The second-order valence-electron chi connectivity index (χ2n) is 5.15. The van der Waals surface area contributed by atoms with Crippen molar-refractivity contribution >= 4 is 51.7 Å². The third kappa shape index (κ3) is 2.91. The van der Waals surface area contributed by atoms with E-state index in [4.69, 9.17) is 28.9 Å². The first-order valence-corrected chi connectivity index (χ1v) is 8.57. The Morgan fingerprint density at radius 2 is 1.91 bits per heavy atom. The van der Waals surface area contributed by atoms with Gasteiger partial charge in [-0.05, 0) is 43.4 Å². The van der Waals surface area contributed by atoms with Crippen LogP contribution in [0.15, 0.2) is 23.2 Å². The van der Waals surface area contributed by atoms with E-state index in [2.05, 4.69) is 4.99 Å². The second-order valence-corrected chi connectivity index (χ2v) is 7.05. The van der Waals surface area contributed by atoms with Gasteiger partial charge in [0.25, 0.3) is 5.91 Å². The van der Waals surface area contributed by atoms with Crippen molar-refractivity contribution in [2.24, 2.45) is 10.7 Å². The molecule has 2 N–H and O–H groups in total. The van der Waals surface area contributed by atoms with Gasteiger partial charge < -0.3 is 5.73 Å². The largest absolute Gasteiger partial charge is 0.365 e. The number of nitrogens with zero attached hydrogens (tertiary/aromatic N) is 1. The lowest BCUT2D eigenvalue weighted by Gasteiger charge is -2.10. The van der Waals surface area contributed by atoms with Gasteiger partial charge in [-0.1, -0.05) is 29.3 Å². The number of benzene rings is 1. The highest BCUT2D eigenvalue weighted by molar-refractivity contribution is 7.16. The molecule has 0 bridgehead atoms. The number of carbonyl (C=O) groups is 1. The van der Waals surface area contributed by atoms with E-state index < -0.39 is 5.91 Å². The van der Waals surface area contributed by atoms with Crippen LogP contribution in [0, 0.1) is 0 Å². The molecular formula is C16H14Cl2N2OS. The fourth-order valence-corrected chi connectivity index (χ4v) is 4.39. The van der Waals surface area contributed by atoms with Crippen LogP contribution in [0.25, 0.3) is 0 Å². The van der Waals surface area contributed by atoms with E-state index in [1.54, 1.807) is 24.4 Å². The van der Waals surface area contributed by atoms with Crippen molar-refractivity contribution in [3.05, 3.63) is 49.8 Å². The zero-order valence-corrected chi connectivity index (χ0v) is 14.1. The molecule has 1 aromatic heterocycles. The molecule has 3 rings (SSSR count). The molecule has 0 atom stereocenters. The number of primary amides is 1. The summed E-state index contributed by atoms with van der Waals surface area (Å²) in [6, 6.07) is 5.28. The van der Waals surface area contributed by atoms with Crippen molar-refractivity contribution in [3.63, 3.8) is 0 Å². The molecule has 6 heteroatoms. The molecule has 3 nitrogen and oxygen atoms in total. The molecule has 0 radical (unpaired) electrons. The van der Waals surface area contributed by atoms with Crippen LogP contribution in [-0.2, 0) is 12.8 Å². The minimum Gasteiger partial charge on any atom is -0.365 e. The number of hydrogen-bond donors (Lipinski definition) is 1. The molecule has 0 unspecified atom stereocenters. The van der Waals surface area contributed by atoms with Crippen molar-refractivity contribution in [1.29, 1.82) is 0 Å². The van der Waals surface area contributed by atoms with Crippen molar-refractivity contribution in [2.45, 2.75) is 25.7 Å². The Morgan fingerprint density at radius 3 is 2.59 bits per heavy atom. The average molecular weight is 353 g/mol. The van der Waals surface area contributed by atoms with Crippen LogP contribution in [0.3, 0.4) is 0 Å². The van der Waals surface area contributed by atoms with Gasteiger partial charge in [-0.25, -0.2) is 4.99 Å². The smallest absolute Gasteiger partial charge is 0.252 e. The first-order valence-electron chi connectivity index (χ1n) is 7.00. The number of rotatable bonds is 3. The highest BCUT2D eigenvalue weighted by Gasteiger charge is 2.23. The summed E-state index contributed by atoms with van der Waals surface area (Å²) >= 11 is 13.8. The number of thiophene rings is 1. The van der Waals surface area contributed by atoms with Crippen LogP contribution in [0.5, 0.6) is 0 Å². The Labute approximate surface area is 142 Å². The summed E-state index contributed by atoms with van der Waals surface area (Å²) in [5.41, 5.74) is 7.82. The van der Waals surface area contributed by atoms with E-state index in [0.29, 0.717) is 26.2 Å². The van der Waals surface area contributed by atoms with Gasteiger partial charge in [-0.15, -0.1) is 11.3 Å². The van der Waals surface area contributed by atoms with Gasteiger partial charge >= 0.3 is 0 Å². The van der Waals surface area contributed by atoms with Crippen LogP contribution in [-0.4, -0.2) is 12.1 Å². The molecule has 0 saturated heterocycles. The highest BCUT2D eigenvalue weighted by Crippen LogP contribution is 2.39. The van der Waals surface area contributed by atoms with Crippen LogP contribution >= 0.6 is 34.5 Å². The highest BCUT2D eigenvalue weighted by atomic mass is 35.5. The Morgan fingerprint density at radius 1 is 1.23 bits per heavy atom. The third-order valence-electron chi connectivity index (χ3n) is 3.71. The van der Waals surface area contributed by atoms with Gasteiger partial charge in [0.2, 0.25) is 0 Å². The second kappa shape index (κ2) is 6.41. The fraction of sp³-hybridized carbons (Fsp3) is 0.250. The summed E-state index contributed by atoms with van der Waals surface area (Å²) in [6.07, 6.45) is 5.72. The quantitative estimate of drug-likeness (QED) is 0.793.